The molecule has 0 fully saturated rings. The highest BCUT2D eigenvalue weighted by atomic mass is 35.5. The predicted octanol–water partition coefficient (Wildman–Crippen LogP) is 4.48. The number of hydrogen-bond acceptors (Lipinski definition) is 3. The second-order valence-electron chi connectivity index (χ2n) is 5.23. The van der Waals surface area contributed by atoms with Gasteiger partial charge in [-0.1, -0.05) is 18.0 Å². The van der Waals surface area contributed by atoms with Gasteiger partial charge in [0.05, 0.1) is 23.6 Å². The van der Waals surface area contributed by atoms with Gasteiger partial charge in [0.1, 0.15) is 5.75 Å². The van der Waals surface area contributed by atoms with Gasteiger partial charge in [0, 0.05) is 12.2 Å². The summed E-state index contributed by atoms with van der Waals surface area (Å²) in [5.41, 5.74) is 0.772. The molecule has 0 radical (unpaired) electrons. The molecule has 0 unspecified atom stereocenters. The summed E-state index contributed by atoms with van der Waals surface area (Å²) in [5.74, 6) is 0.683. The van der Waals surface area contributed by atoms with Crippen molar-refractivity contribution in [2.24, 2.45) is 5.41 Å². The van der Waals surface area contributed by atoms with E-state index in [1.807, 2.05) is 32.0 Å². The van der Waals surface area contributed by atoms with Crippen LogP contribution in [0.5, 0.6) is 5.75 Å². The van der Waals surface area contributed by atoms with Crippen molar-refractivity contribution in [1.82, 2.24) is 0 Å². The lowest BCUT2D eigenvalue weighted by molar-refractivity contribution is 0.415. The van der Waals surface area contributed by atoms with Crippen LogP contribution in [0.2, 0.25) is 5.02 Å². The number of hydrogen-bond donors (Lipinski definition) is 1. The van der Waals surface area contributed by atoms with Gasteiger partial charge in [0.15, 0.2) is 0 Å². The zero-order chi connectivity index (χ0) is 14.3. The van der Waals surface area contributed by atoms with E-state index in [0.29, 0.717) is 10.8 Å². The fourth-order valence-electron chi connectivity index (χ4n) is 1.76. The first-order valence-corrected chi connectivity index (χ1v) is 6.85. The van der Waals surface area contributed by atoms with Crippen molar-refractivity contribution in [1.29, 1.82) is 5.26 Å². The van der Waals surface area contributed by atoms with Crippen molar-refractivity contribution in [2.75, 3.05) is 19.0 Å². The molecule has 0 atom stereocenters. The van der Waals surface area contributed by atoms with E-state index in [4.69, 9.17) is 21.6 Å². The van der Waals surface area contributed by atoms with Crippen LogP contribution in [0.1, 0.15) is 33.1 Å². The van der Waals surface area contributed by atoms with Crippen molar-refractivity contribution in [2.45, 2.75) is 33.1 Å². The molecule has 0 saturated carbocycles. The molecule has 1 rings (SSSR count). The lowest BCUT2D eigenvalue weighted by atomic mass is 9.89. The van der Waals surface area contributed by atoms with Crippen LogP contribution in [0.4, 0.5) is 5.69 Å². The number of ether oxygens (including phenoxy) is 1. The molecule has 3 nitrogen and oxygen atoms in total. The van der Waals surface area contributed by atoms with Crippen molar-refractivity contribution in [3.05, 3.63) is 23.2 Å². The van der Waals surface area contributed by atoms with Gasteiger partial charge in [-0.3, -0.25) is 0 Å². The number of benzene rings is 1. The number of rotatable bonds is 7. The Kier molecular flexibility index (Phi) is 5.98. The molecule has 104 valence electrons. The van der Waals surface area contributed by atoms with Crippen LogP contribution in [-0.4, -0.2) is 13.7 Å². The number of halogens is 1. The maximum absolute atomic E-state index is 8.92. The Hall–Kier alpha value is -1.40. The molecule has 0 aromatic heterocycles. The second kappa shape index (κ2) is 7.25. The first kappa shape index (κ1) is 15.7. The molecule has 19 heavy (non-hydrogen) atoms. The zero-order valence-electron chi connectivity index (χ0n) is 11.8. The molecule has 0 spiro atoms. The maximum atomic E-state index is 8.92. The first-order chi connectivity index (χ1) is 8.98. The van der Waals surface area contributed by atoms with Crippen molar-refractivity contribution in [3.8, 4) is 11.8 Å². The highest BCUT2D eigenvalue weighted by Crippen LogP contribution is 2.27. The molecule has 4 heteroatoms. The van der Waals surface area contributed by atoms with Crippen LogP contribution in [0.25, 0.3) is 0 Å². The van der Waals surface area contributed by atoms with Crippen LogP contribution in [0.15, 0.2) is 18.2 Å². The summed E-state index contributed by atoms with van der Waals surface area (Å²) in [4.78, 5) is 0. The highest BCUT2D eigenvalue weighted by Gasteiger charge is 2.15. The average Bonchev–Trinajstić information content (AvgIpc) is 2.38. The molecule has 0 heterocycles. The average molecular weight is 281 g/mol. The van der Waals surface area contributed by atoms with E-state index in [1.165, 1.54) is 0 Å². The lowest BCUT2D eigenvalue weighted by Crippen LogP contribution is -2.09. The maximum Gasteiger partial charge on any atom is 0.137 e. The van der Waals surface area contributed by atoms with Crippen molar-refractivity contribution < 1.29 is 4.74 Å². The topological polar surface area (TPSA) is 45.0 Å². The number of unbranched alkanes of at least 4 members (excludes halogenated alkanes) is 1. The van der Waals surface area contributed by atoms with Crippen LogP contribution in [-0.2, 0) is 0 Å². The molecule has 1 aromatic rings. The Morgan fingerprint density at radius 3 is 2.68 bits per heavy atom. The van der Waals surface area contributed by atoms with E-state index in [2.05, 4.69) is 11.4 Å². The fraction of sp³-hybridized carbons (Fsp3) is 0.533. The number of nitrogens with one attached hydrogen (secondary N) is 1. The van der Waals surface area contributed by atoms with Crippen LogP contribution in [0.3, 0.4) is 0 Å². The molecule has 0 aliphatic rings. The third-order valence-corrected chi connectivity index (χ3v) is 3.31. The molecule has 0 saturated heterocycles. The fourth-order valence-corrected chi connectivity index (χ4v) is 2.01. The van der Waals surface area contributed by atoms with Gasteiger partial charge in [-0.15, -0.1) is 0 Å². The number of anilines is 1. The molecule has 0 bridgehead atoms. The summed E-state index contributed by atoms with van der Waals surface area (Å²) < 4.78 is 5.10. The van der Waals surface area contributed by atoms with Gasteiger partial charge < -0.3 is 10.1 Å². The van der Waals surface area contributed by atoms with Gasteiger partial charge in [0.25, 0.3) is 0 Å². The smallest absolute Gasteiger partial charge is 0.137 e. The third-order valence-electron chi connectivity index (χ3n) is 3.01. The molecule has 0 amide bonds. The quantitative estimate of drug-likeness (QED) is 0.749. The second-order valence-corrected chi connectivity index (χ2v) is 5.64. The Morgan fingerprint density at radius 1 is 1.37 bits per heavy atom. The summed E-state index contributed by atoms with van der Waals surface area (Å²) in [6.07, 6.45) is 3.00. The Labute approximate surface area is 120 Å². The Morgan fingerprint density at radius 2 is 2.11 bits per heavy atom. The van der Waals surface area contributed by atoms with Crippen LogP contribution in [0, 0.1) is 16.7 Å². The summed E-state index contributed by atoms with van der Waals surface area (Å²) in [7, 11) is 1.60. The van der Waals surface area contributed by atoms with Gasteiger partial charge in [-0.2, -0.15) is 5.26 Å². The Balaban J connectivity index is 2.31. The van der Waals surface area contributed by atoms with E-state index < -0.39 is 0 Å². The molecule has 0 aliphatic heterocycles. The highest BCUT2D eigenvalue weighted by molar-refractivity contribution is 6.32. The molecular weight excluding hydrogens is 260 g/mol. The van der Waals surface area contributed by atoms with E-state index in [-0.39, 0.29) is 5.41 Å². The molecular formula is C15H21ClN2O. The summed E-state index contributed by atoms with van der Waals surface area (Å²) in [6.45, 7) is 4.83. The van der Waals surface area contributed by atoms with Crippen LogP contribution < -0.4 is 10.1 Å². The van der Waals surface area contributed by atoms with Gasteiger partial charge in [0.2, 0.25) is 0 Å². The first-order valence-electron chi connectivity index (χ1n) is 6.47. The number of nitriles is 1. The van der Waals surface area contributed by atoms with Gasteiger partial charge in [-0.05, 0) is 44.9 Å². The van der Waals surface area contributed by atoms with Gasteiger partial charge >= 0.3 is 0 Å². The normalized spacial score (nSPS) is 10.9. The summed E-state index contributed by atoms with van der Waals surface area (Å²) >= 11 is 6.05. The lowest BCUT2D eigenvalue weighted by Gasteiger charge is -2.14. The standard InChI is InChI=1S/C15H21ClN2O/c1-15(2,11-17)8-4-5-9-18-12-6-7-14(19-3)13(16)10-12/h6-7,10,18H,4-5,8-9H2,1-3H3. The molecule has 1 N–H and O–H groups in total. The minimum Gasteiger partial charge on any atom is -0.495 e. The zero-order valence-corrected chi connectivity index (χ0v) is 12.5. The van der Waals surface area contributed by atoms with E-state index >= 15 is 0 Å². The summed E-state index contributed by atoms with van der Waals surface area (Å²) in [5, 5.41) is 12.8. The monoisotopic (exact) mass is 280 g/mol. The minimum absolute atomic E-state index is 0.219. The van der Waals surface area contributed by atoms with Gasteiger partial charge in [-0.25, -0.2) is 0 Å². The van der Waals surface area contributed by atoms with E-state index in [0.717, 1.165) is 31.5 Å². The third kappa shape index (κ3) is 5.40. The predicted molar refractivity (Wildman–Crippen MR) is 79.7 cm³/mol. The largest absolute Gasteiger partial charge is 0.495 e. The Bertz CT molecular complexity index is 452. The minimum atomic E-state index is -0.219. The molecule has 0 aliphatic carbocycles. The number of methoxy groups -OCH3 is 1. The number of nitrogens with zero attached hydrogens (tertiary/aromatic N) is 1. The van der Waals surface area contributed by atoms with Crippen LogP contribution >= 0.6 is 11.6 Å². The van der Waals surface area contributed by atoms with E-state index in [9.17, 15) is 0 Å². The summed E-state index contributed by atoms with van der Waals surface area (Å²) in [6, 6.07) is 7.98. The SMILES string of the molecule is COc1ccc(NCCCCC(C)(C)C#N)cc1Cl. The van der Waals surface area contributed by atoms with E-state index in [1.54, 1.807) is 7.11 Å². The van der Waals surface area contributed by atoms with Crippen molar-refractivity contribution in [3.63, 3.8) is 0 Å². The molecule has 1 aromatic carbocycles. The van der Waals surface area contributed by atoms with Crippen molar-refractivity contribution >= 4 is 17.3 Å².